The van der Waals surface area contributed by atoms with E-state index in [0.29, 0.717) is 0 Å². The Hall–Kier alpha value is -1.20. The van der Waals surface area contributed by atoms with Crippen LogP contribution in [0.25, 0.3) is 0 Å². The third-order valence-corrected chi connectivity index (χ3v) is 0.625. The Kier molecular flexibility index (Phi) is 0.920. The van der Waals surface area contributed by atoms with E-state index in [1.165, 1.54) is 0 Å². The summed E-state index contributed by atoms with van der Waals surface area (Å²) in [6.07, 6.45) is -5.75. The number of carbonyl (C=O) groups excluding carboxylic acids is 2. The maximum atomic E-state index is 11.7. The van der Waals surface area contributed by atoms with E-state index in [2.05, 4.69) is 9.47 Å². The van der Waals surface area contributed by atoms with E-state index >= 15 is 0 Å². The average molecular weight is 138 g/mol. The average Bonchev–Trinajstić information content (AvgIpc) is 1.79. The number of carbonyl (C=O) groups is 2. The summed E-state index contributed by atoms with van der Waals surface area (Å²) in [4.78, 5) is 19.5. The third-order valence-electron chi connectivity index (χ3n) is 0.625. The first-order valence-corrected chi connectivity index (χ1v) is 1.85. The number of ether oxygens (including phenoxy) is 2. The van der Waals surface area contributed by atoms with Crippen LogP contribution in [0.3, 0.4) is 0 Å². The van der Waals surface area contributed by atoms with Gasteiger partial charge in [0.1, 0.15) is 0 Å². The largest absolute Gasteiger partial charge is 0.521 e. The van der Waals surface area contributed by atoms with Crippen molar-refractivity contribution < 1.29 is 27.8 Å². The number of esters is 1. The molecule has 0 saturated carbocycles. The molecule has 1 heterocycles. The van der Waals surface area contributed by atoms with Crippen LogP contribution in [0.15, 0.2) is 0 Å². The lowest BCUT2D eigenvalue weighted by atomic mass is 10.7. The summed E-state index contributed by atoms with van der Waals surface area (Å²) >= 11 is 0. The van der Waals surface area contributed by atoms with Gasteiger partial charge in [-0.25, -0.2) is 9.59 Å². The first-order chi connectivity index (χ1) is 4.02. The minimum absolute atomic E-state index is 1.66. The quantitative estimate of drug-likeness (QED) is 0.356. The van der Waals surface area contributed by atoms with Gasteiger partial charge < -0.3 is 9.47 Å². The number of alkyl halides is 2. The number of rotatable bonds is 0. The number of hydrogen-bond acceptors (Lipinski definition) is 4. The molecule has 50 valence electrons. The van der Waals surface area contributed by atoms with Crippen LogP contribution in [-0.4, -0.2) is 18.2 Å². The summed E-state index contributed by atoms with van der Waals surface area (Å²) in [5.41, 5.74) is 0. The Morgan fingerprint density at radius 2 is 1.89 bits per heavy atom. The van der Waals surface area contributed by atoms with Crippen molar-refractivity contribution in [3.63, 3.8) is 0 Å². The van der Waals surface area contributed by atoms with Gasteiger partial charge >= 0.3 is 18.2 Å². The van der Waals surface area contributed by atoms with Crippen molar-refractivity contribution in [3.05, 3.63) is 0 Å². The lowest BCUT2D eigenvalue weighted by Crippen LogP contribution is -2.23. The van der Waals surface area contributed by atoms with Gasteiger partial charge in [-0.05, 0) is 0 Å². The molecule has 1 aliphatic heterocycles. The molecular weight excluding hydrogens is 138 g/mol. The molecule has 1 aliphatic rings. The highest BCUT2D eigenvalue weighted by Crippen LogP contribution is 2.23. The lowest BCUT2D eigenvalue weighted by molar-refractivity contribution is -0.192. The number of halogens is 2. The molecule has 1 saturated heterocycles. The van der Waals surface area contributed by atoms with Crippen LogP contribution in [0.5, 0.6) is 0 Å². The van der Waals surface area contributed by atoms with Gasteiger partial charge in [0.05, 0.1) is 0 Å². The molecule has 0 aromatic carbocycles. The highest BCUT2D eigenvalue weighted by molar-refractivity contribution is 5.91. The molecule has 4 nitrogen and oxygen atoms in total. The Balaban J connectivity index is 2.81. The van der Waals surface area contributed by atoms with E-state index in [1.54, 1.807) is 0 Å². The Bertz CT molecular complexity index is 175. The fourth-order valence-corrected chi connectivity index (χ4v) is 0.302. The minimum Gasteiger partial charge on any atom is -0.359 e. The van der Waals surface area contributed by atoms with Crippen molar-refractivity contribution in [1.82, 2.24) is 0 Å². The number of hydrogen-bond donors (Lipinski definition) is 0. The van der Waals surface area contributed by atoms with E-state index in [-0.39, 0.29) is 0 Å². The van der Waals surface area contributed by atoms with Gasteiger partial charge in [0, 0.05) is 0 Å². The first-order valence-electron chi connectivity index (χ1n) is 1.85. The van der Waals surface area contributed by atoms with Gasteiger partial charge in [0.25, 0.3) is 0 Å². The smallest absolute Gasteiger partial charge is 0.359 e. The van der Waals surface area contributed by atoms with Crippen molar-refractivity contribution in [2.75, 3.05) is 0 Å². The molecule has 0 atom stereocenters. The molecule has 0 unspecified atom stereocenters. The summed E-state index contributed by atoms with van der Waals surface area (Å²) in [5, 5.41) is 0. The van der Waals surface area contributed by atoms with Crippen molar-refractivity contribution in [3.8, 4) is 0 Å². The van der Waals surface area contributed by atoms with Crippen molar-refractivity contribution in [2.24, 2.45) is 0 Å². The molecule has 0 aromatic rings. The second-order valence-electron chi connectivity index (χ2n) is 1.26. The monoisotopic (exact) mass is 138 g/mol. The van der Waals surface area contributed by atoms with Crippen LogP contribution in [0, 0.1) is 0 Å². The lowest BCUT2D eigenvalue weighted by Gasteiger charge is -1.96. The van der Waals surface area contributed by atoms with E-state index in [0.717, 1.165) is 0 Å². The van der Waals surface area contributed by atoms with Crippen LogP contribution >= 0.6 is 0 Å². The maximum absolute atomic E-state index is 11.7. The Morgan fingerprint density at radius 1 is 1.33 bits per heavy atom. The fraction of sp³-hybridized carbons (Fsp3) is 0.333. The second-order valence-corrected chi connectivity index (χ2v) is 1.26. The third kappa shape index (κ3) is 0.823. The van der Waals surface area contributed by atoms with Crippen LogP contribution in [0.2, 0.25) is 0 Å². The zero-order valence-corrected chi connectivity index (χ0v) is 3.89. The van der Waals surface area contributed by atoms with E-state index in [1.807, 2.05) is 0 Å². The topological polar surface area (TPSA) is 52.6 Å². The normalized spacial score (nSPS) is 23.3. The molecule has 0 aliphatic carbocycles. The molecule has 0 aromatic heterocycles. The molecule has 1 rings (SSSR count). The van der Waals surface area contributed by atoms with Crippen LogP contribution in [0.1, 0.15) is 0 Å². The highest BCUT2D eigenvalue weighted by atomic mass is 19.3. The van der Waals surface area contributed by atoms with Gasteiger partial charge in [0.2, 0.25) is 0 Å². The van der Waals surface area contributed by atoms with E-state index in [4.69, 9.17) is 0 Å². The number of cyclic esters (lactones) is 3. The summed E-state index contributed by atoms with van der Waals surface area (Å²) in [5.74, 6) is -1.97. The van der Waals surface area contributed by atoms with Crippen molar-refractivity contribution in [1.29, 1.82) is 0 Å². The summed E-state index contributed by atoms with van der Waals surface area (Å²) in [6.45, 7) is 0. The minimum atomic E-state index is -4.09. The predicted octanol–water partition coefficient (Wildman–Crippen LogP) is 0.273. The summed E-state index contributed by atoms with van der Waals surface area (Å²) < 4.78 is 29.8. The van der Waals surface area contributed by atoms with Crippen LogP contribution in [-0.2, 0) is 14.3 Å². The molecule has 1 fully saturated rings. The summed E-state index contributed by atoms with van der Waals surface area (Å²) in [6, 6.07) is 0. The first kappa shape index (κ1) is 5.93. The van der Waals surface area contributed by atoms with E-state index < -0.39 is 18.2 Å². The molecule has 0 bridgehead atoms. The SMILES string of the molecule is O=C1OC(=O)C(F)(F)O1. The van der Waals surface area contributed by atoms with Gasteiger partial charge in [0.15, 0.2) is 0 Å². The van der Waals surface area contributed by atoms with Crippen molar-refractivity contribution in [2.45, 2.75) is 6.11 Å². The maximum Gasteiger partial charge on any atom is 0.521 e. The highest BCUT2D eigenvalue weighted by Gasteiger charge is 2.54. The van der Waals surface area contributed by atoms with E-state index in [9.17, 15) is 18.4 Å². The molecule has 0 radical (unpaired) electrons. The second kappa shape index (κ2) is 1.40. The Labute approximate surface area is 47.3 Å². The van der Waals surface area contributed by atoms with Gasteiger partial charge in [-0.3, -0.25) is 0 Å². The predicted molar refractivity (Wildman–Crippen MR) is 17.5 cm³/mol. The van der Waals surface area contributed by atoms with Crippen molar-refractivity contribution >= 4 is 12.1 Å². The standard InChI is InChI=1S/C3F2O4/c4-3(5)1(6)8-2(7)9-3. The van der Waals surface area contributed by atoms with Gasteiger partial charge in [-0.15, -0.1) is 0 Å². The summed E-state index contributed by atoms with van der Waals surface area (Å²) in [7, 11) is 0. The van der Waals surface area contributed by atoms with Gasteiger partial charge in [-0.2, -0.15) is 8.78 Å². The van der Waals surface area contributed by atoms with Crippen LogP contribution in [0.4, 0.5) is 13.6 Å². The molecule has 9 heavy (non-hydrogen) atoms. The molecule has 0 N–H and O–H groups in total. The Morgan fingerprint density at radius 3 is 2.00 bits per heavy atom. The molecule has 6 heteroatoms. The fourth-order valence-electron chi connectivity index (χ4n) is 0.302. The zero-order valence-electron chi connectivity index (χ0n) is 3.89. The molecular formula is C3F2O4. The zero-order chi connectivity index (χ0) is 7.07. The molecule has 0 amide bonds. The molecule has 0 spiro atoms. The van der Waals surface area contributed by atoms with Gasteiger partial charge in [-0.1, -0.05) is 0 Å². The van der Waals surface area contributed by atoms with Crippen LogP contribution < -0.4 is 0 Å².